The van der Waals surface area contributed by atoms with Crippen LogP contribution in [0.3, 0.4) is 0 Å². The summed E-state index contributed by atoms with van der Waals surface area (Å²) in [5, 5.41) is 3.59. The molecule has 2 aromatic heterocycles. The van der Waals surface area contributed by atoms with Crippen molar-refractivity contribution in [2.45, 2.75) is 24.4 Å². The maximum atomic E-state index is 12.2. The minimum absolute atomic E-state index is 0.122. The molecule has 0 unspecified atom stereocenters. The van der Waals surface area contributed by atoms with E-state index in [2.05, 4.69) is 15.3 Å². The van der Waals surface area contributed by atoms with Gasteiger partial charge in [0.25, 0.3) is 5.91 Å². The first kappa shape index (κ1) is 19.0. The van der Waals surface area contributed by atoms with E-state index in [4.69, 9.17) is 4.42 Å². The van der Waals surface area contributed by atoms with E-state index in [0.717, 1.165) is 33.7 Å². The molecular weight excluding hydrogens is 360 g/mol. The van der Waals surface area contributed by atoms with E-state index in [1.54, 1.807) is 24.1 Å². The van der Waals surface area contributed by atoms with Crippen molar-refractivity contribution < 1.29 is 9.21 Å². The lowest BCUT2D eigenvalue weighted by molar-refractivity contribution is 0.0948. The third-order valence-electron chi connectivity index (χ3n) is 3.87. The van der Waals surface area contributed by atoms with Crippen LogP contribution in [0.5, 0.6) is 0 Å². The molecule has 0 aliphatic rings. The van der Waals surface area contributed by atoms with Crippen LogP contribution < -0.4 is 10.2 Å². The molecule has 0 aliphatic carbocycles. The van der Waals surface area contributed by atoms with E-state index in [0.29, 0.717) is 12.1 Å². The summed E-state index contributed by atoms with van der Waals surface area (Å²) in [6.45, 7) is 2.34. The summed E-state index contributed by atoms with van der Waals surface area (Å²) in [4.78, 5) is 23.2. The van der Waals surface area contributed by atoms with Gasteiger partial charge in [-0.1, -0.05) is 23.9 Å². The molecule has 1 aromatic carbocycles. The van der Waals surface area contributed by atoms with Crippen LogP contribution in [0.15, 0.2) is 58.3 Å². The number of amides is 1. The van der Waals surface area contributed by atoms with Gasteiger partial charge in [-0.05, 0) is 36.8 Å². The van der Waals surface area contributed by atoms with Gasteiger partial charge < -0.3 is 14.6 Å². The average Bonchev–Trinajstić information content (AvgIpc) is 3.18. The zero-order valence-corrected chi connectivity index (χ0v) is 16.4. The number of furan rings is 1. The molecule has 1 N–H and O–H groups in total. The van der Waals surface area contributed by atoms with E-state index >= 15 is 0 Å². The van der Waals surface area contributed by atoms with Gasteiger partial charge in [0.2, 0.25) is 0 Å². The van der Waals surface area contributed by atoms with Crippen LogP contribution in [0.1, 0.15) is 27.4 Å². The van der Waals surface area contributed by atoms with E-state index in [-0.39, 0.29) is 5.91 Å². The summed E-state index contributed by atoms with van der Waals surface area (Å²) in [5.41, 5.74) is 2.68. The van der Waals surface area contributed by atoms with Crippen LogP contribution in [0.25, 0.3) is 0 Å². The normalized spacial score (nSPS) is 10.6. The Morgan fingerprint density at radius 3 is 2.63 bits per heavy atom. The molecule has 6 nitrogen and oxygen atoms in total. The first-order valence-corrected chi connectivity index (χ1v) is 9.55. The Labute approximate surface area is 163 Å². The smallest absolute Gasteiger partial charge is 0.251 e. The molecule has 0 bridgehead atoms. The minimum atomic E-state index is -0.122. The Hall–Kier alpha value is -2.80. The molecule has 0 saturated heterocycles. The monoisotopic (exact) mass is 382 g/mol. The third-order valence-corrected chi connectivity index (χ3v) is 4.78. The van der Waals surface area contributed by atoms with Gasteiger partial charge in [0.15, 0.2) is 5.16 Å². The van der Waals surface area contributed by atoms with Gasteiger partial charge in [-0.15, -0.1) is 0 Å². The fourth-order valence-corrected chi connectivity index (χ4v) is 3.26. The lowest BCUT2D eigenvalue weighted by atomic mass is 10.1. The summed E-state index contributed by atoms with van der Waals surface area (Å²) in [6.07, 6.45) is 1.59. The van der Waals surface area contributed by atoms with Crippen LogP contribution in [0.2, 0.25) is 0 Å². The highest BCUT2D eigenvalue weighted by Gasteiger charge is 2.08. The van der Waals surface area contributed by atoms with Crippen molar-refractivity contribution in [2.24, 2.45) is 0 Å². The summed E-state index contributed by atoms with van der Waals surface area (Å²) < 4.78 is 5.21. The SMILES string of the molecule is Cc1cc(N(C)C)nc(SCc2ccc(C(=O)NCc3ccco3)cc2)n1. The van der Waals surface area contributed by atoms with Gasteiger partial charge in [-0.2, -0.15) is 0 Å². The summed E-state index contributed by atoms with van der Waals surface area (Å²) >= 11 is 1.58. The lowest BCUT2D eigenvalue weighted by Gasteiger charge is -2.12. The Balaban J connectivity index is 1.57. The topological polar surface area (TPSA) is 71.3 Å². The molecule has 1 amide bonds. The van der Waals surface area contributed by atoms with Crippen molar-refractivity contribution in [3.8, 4) is 0 Å². The van der Waals surface area contributed by atoms with Gasteiger partial charge in [0, 0.05) is 37.2 Å². The number of thioether (sulfide) groups is 1. The molecule has 0 spiro atoms. The summed E-state index contributed by atoms with van der Waals surface area (Å²) in [7, 11) is 3.93. The van der Waals surface area contributed by atoms with Crippen molar-refractivity contribution in [3.05, 3.63) is 71.3 Å². The predicted octanol–water partition coefficient (Wildman–Crippen LogP) is 3.67. The van der Waals surface area contributed by atoms with Gasteiger partial charge in [-0.3, -0.25) is 4.79 Å². The van der Waals surface area contributed by atoms with E-state index in [1.807, 2.05) is 62.3 Å². The Morgan fingerprint density at radius 2 is 1.96 bits per heavy atom. The minimum Gasteiger partial charge on any atom is -0.467 e. The number of hydrogen-bond acceptors (Lipinski definition) is 6. The number of carbonyl (C=O) groups excluding carboxylic acids is 1. The molecule has 7 heteroatoms. The predicted molar refractivity (Wildman–Crippen MR) is 107 cm³/mol. The Morgan fingerprint density at radius 1 is 1.19 bits per heavy atom. The van der Waals surface area contributed by atoms with Crippen molar-refractivity contribution in [1.82, 2.24) is 15.3 Å². The van der Waals surface area contributed by atoms with E-state index in [9.17, 15) is 4.79 Å². The maximum absolute atomic E-state index is 12.2. The molecule has 3 aromatic rings. The molecule has 0 radical (unpaired) electrons. The van der Waals surface area contributed by atoms with Gasteiger partial charge in [0.05, 0.1) is 12.8 Å². The second-order valence-corrected chi connectivity index (χ2v) is 7.23. The number of rotatable bonds is 7. The second-order valence-electron chi connectivity index (χ2n) is 6.29. The third kappa shape index (κ3) is 5.34. The van der Waals surface area contributed by atoms with Crippen molar-refractivity contribution in [2.75, 3.05) is 19.0 Å². The number of nitrogens with zero attached hydrogens (tertiary/aromatic N) is 3. The molecule has 2 heterocycles. The van der Waals surface area contributed by atoms with Crippen molar-refractivity contribution in [1.29, 1.82) is 0 Å². The molecule has 0 aliphatic heterocycles. The highest BCUT2D eigenvalue weighted by Crippen LogP contribution is 2.22. The van der Waals surface area contributed by atoms with E-state index in [1.165, 1.54) is 0 Å². The van der Waals surface area contributed by atoms with E-state index < -0.39 is 0 Å². The fourth-order valence-electron chi connectivity index (χ4n) is 2.40. The number of carbonyl (C=O) groups is 1. The maximum Gasteiger partial charge on any atom is 0.251 e. The van der Waals surface area contributed by atoms with Gasteiger partial charge in [0.1, 0.15) is 11.6 Å². The molecular formula is C20H22N4O2S. The first-order chi connectivity index (χ1) is 13.0. The van der Waals surface area contributed by atoms with Crippen molar-refractivity contribution in [3.63, 3.8) is 0 Å². The Bertz CT molecular complexity index is 893. The number of aromatic nitrogens is 2. The number of aryl methyl sites for hydroxylation is 1. The first-order valence-electron chi connectivity index (χ1n) is 8.56. The average molecular weight is 382 g/mol. The lowest BCUT2D eigenvalue weighted by Crippen LogP contribution is -2.22. The van der Waals surface area contributed by atoms with Crippen LogP contribution in [0.4, 0.5) is 5.82 Å². The molecule has 0 saturated carbocycles. The quantitative estimate of drug-likeness (QED) is 0.497. The van der Waals surface area contributed by atoms with Crippen LogP contribution in [0, 0.1) is 6.92 Å². The van der Waals surface area contributed by atoms with Gasteiger partial charge >= 0.3 is 0 Å². The zero-order valence-electron chi connectivity index (χ0n) is 15.6. The summed E-state index contributed by atoms with van der Waals surface area (Å²) in [6, 6.07) is 13.2. The number of benzene rings is 1. The molecule has 140 valence electrons. The largest absolute Gasteiger partial charge is 0.467 e. The highest BCUT2D eigenvalue weighted by molar-refractivity contribution is 7.98. The molecule has 0 atom stereocenters. The standard InChI is InChI=1S/C20H22N4O2S/c1-14-11-18(24(2)3)23-20(22-14)27-13-15-6-8-16(9-7-15)19(25)21-12-17-5-4-10-26-17/h4-11H,12-13H2,1-3H3,(H,21,25). The zero-order chi connectivity index (χ0) is 19.2. The van der Waals surface area contributed by atoms with Crippen LogP contribution in [-0.2, 0) is 12.3 Å². The van der Waals surface area contributed by atoms with Crippen LogP contribution in [-0.4, -0.2) is 30.0 Å². The van der Waals surface area contributed by atoms with Gasteiger partial charge in [-0.25, -0.2) is 9.97 Å². The number of hydrogen-bond donors (Lipinski definition) is 1. The fraction of sp³-hybridized carbons (Fsp3) is 0.250. The summed E-state index contributed by atoms with van der Waals surface area (Å²) in [5.74, 6) is 2.24. The molecule has 0 fully saturated rings. The highest BCUT2D eigenvalue weighted by atomic mass is 32.2. The van der Waals surface area contributed by atoms with Crippen molar-refractivity contribution >= 4 is 23.5 Å². The molecule has 27 heavy (non-hydrogen) atoms. The number of nitrogens with one attached hydrogen (secondary N) is 1. The Kier molecular flexibility index (Phi) is 6.13. The number of anilines is 1. The van der Waals surface area contributed by atoms with Crippen LogP contribution >= 0.6 is 11.8 Å². The molecule has 3 rings (SSSR count). The second kappa shape index (κ2) is 8.73.